The number of thiazole rings is 1. The van der Waals surface area contributed by atoms with Gasteiger partial charge in [-0.05, 0) is 24.6 Å². The number of methoxy groups -OCH3 is 1. The second-order valence-electron chi connectivity index (χ2n) is 4.36. The average molecular weight is 327 g/mol. The summed E-state index contributed by atoms with van der Waals surface area (Å²) in [6.45, 7) is 2.40. The van der Waals surface area contributed by atoms with Gasteiger partial charge in [-0.2, -0.15) is 0 Å². The number of benzene rings is 1. The van der Waals surface area contributed by atoms with Crippen LogP contribution in [0.1, 0.15) is 15.4 Å². The van der Waals surface area contributed by atoms with E-state index in [4.69, 9.17) is 10.5 Å². The Balaban J connectivity index is 2.22. The van der Waals surface area contributed by atoms with Crippen molar-refractivity contribution in [3.8, 4) is 5.75 Å². The molecule has 0 amide bonds. The number of aryl methyl sites for hydroxylation is 1. The fourth-order valence-corrected chi connectivity index (χ4v) is 3.77. The van der Waals surface area contributed by atoms with Gasteiger partial charge < -0.3 is 10.5 Å². The normalized spacial score (nSPS) is 11.6. The van der Waals surface area contributed by atoms with E-state index in [9.17, 15) is 8.42 Å². The van der Waals surface area contributed by atoms with E-state index < -0.39 is 10.0 Å². The van der Waals surface area contributed by atoms with E-state index in [1.54, 1.807) is 18.3 Å². The molecule has 0 saturated carbocycles. The second-order valence-corrected chi connectivity index (χ2v) is 7.41. The van der Waals surface area contributed by atoms with Gasteiger partial charge in [0.25, 0.3) is 0 Å². The van der Waals surface area contributed by atoms with Crippen molar-refractivity contribution in [2.24, 2.45) is 5.73 Å². The monoisotopic (exact) mass is 327 g/mol. The van der Waals surface area contributed by atoms with E-state index >= 15 is 0 Å². The summed E-state index contributed by atoms with van der Waals surface area (Å²) in [7, 11) is -2.22. The van der Waals surface area contributed by atoms with Crippen LogP contribution >= 0.6 is 11.3 Å². The number of nitrogens with two attached hydrogens (primary N) is 1. The van der Waals surface area contributed by atoms with Crippen molar-refractivity contribution in [3.63, 3.8) is 0 Å². The highest BCUT2D eigenvalue weighted by molar-refractivity contribution is 7.89. The molecule has 8 heteroatoms. The van der Waals surface area contributed by atoms with E-state index in [2.05, 4.69) is 9.71 Å². The number of aromatic nitrogens is 1. The molecule has 0 unspecified atom stereocenters. The van der Waals surface area contributed by atoms with E-state index in [1.165, 1.54) is 24.5 Å². The number of hydrogen-bond acceptors (Lipinski definition) is 6. The molecule has 1 aromatic carbocycles. The molecule has 0 radical (unpaired) electrons. The maximum Gasteiger partial charge on any atom is 0.244 e. The summed E-state index contributed by atoms with van der Waals surface area (Å²) < 4.78 is 32.4. The molecule has 0 fully saturated rings. The standard InChI is InChI=1S/C13H17N3O3S2/c1-9-15-7-11(20-9)8-16-21(17,18)13-4-3-10(6-14)5-12(13)19-2/h3-5,7,16H,6,8,14H2,1-2H3. The minimum atomic E-state index is -3.65. The Bertz CT molecular complexity index is 726. The lowest BCUT2D eigenvalue weighted by molar-refractivity contribution is 0.401. The maximum absolute atomic E-state index is 12.4. The van der Waals surface area contributed by atoms with Gasteiger partial charge in [-0.25, -0.2) is 18.1 Å². The van der Waals surface area contributed by atoms with Gasteiger partial charge in [-0.3, -0.25) is 0 Å². The minimum absolute atomic E-state index is 0.100. The molecule has 21 heavy (non-hydrogen) atoms. The number of nitrogens with zero attached hydrogens (tertiary/aromatic N) is 1. The number of ether oxygens (including phenoxy) is 1. The van der Waals surface area contributed by atoms with Crippen molar-refractivity contribution in [1.29, 1.82) is 0 Å². The molecule has 1 heterocycles. The molecule has 6 nitrogen and oxygen atoms in total. The van der Waals surface area contributed by atoms with Crippen LogP contribution in [-0.4, -0.2) is 20.5 Å². The summed E-state index contributed by atoms with van der Waals surface area (Å²) in [6, 6.07) is 4.81. The highest BCUT2D eigenvalue weighted by Gasteiger charge is 2.19. The number of rotatable bonds is 6. The van der Waals surface area contributed by atoms with Gasteiger partial charge in [0, 0.05) is 24.2 Å². The number of sulfonamides is 1. The molecular weight excluding hydrogens is 310 g/mol. The fourth-order valence-electron chi connectivity index (χ4n) is 1.79. The van der Waals surface area contributed by atoms with Gasteiger partial charge in [0.2, 0.25) is 10.0 Å². The largest absolute Gasteiger partial charge is 0.495 e. The predicted molar refractivity (Wildman–Crippen MR) is 81.8 cm³/mol. The predicted octanol–water partition coefficient (Wildman–Crippen LogP) is 1.40. The first-order valence-electron chi connectivity index (χ1n) is 6.24. The van der Waals surface area contributed by atoms with Crippen LogP contribution in [0.25, 0.3) is 0 Å². The number of nitrogens with one attached hydrogen (secondary N) is 1. The zero-order chi connectivity index (χ0) is 15.5. The third kappa shape index (κ3) is 3.79. The van der Waals surface area contributed by atoms with Gasteiger partial charge in [-0.1, -0.05) is 6.07 Å². The number of hydrogen-bond donors (Lipinski definition) is 2. The average Bonchev–Trinajstić information content (AvgIpc) is 2.90. The molecule has 3 N–H and O–H groups in total. The zero-order valence-electron chi connectivity index (χ0n) is 11.8. The van der Waals surface area contributed by atoms with Crippen molar-refractivity contribution in [2.45, 2.75) is 24.9 Å². The van der Waals surface area contributed by atoms with Crippen LogP contribution in [0.15, 0.2) is 29.3 Å². The Hall–Kier alpha value is -1.48. The van der Waals surface area contributed by atoms with Gasteiger partial charge in [-0.15, -0.1) is 11.3 Å². The molecule has 0 bridgehead atoms. The first-order valence-corrected chi connectivity index (χ1v) is 8.54. The lowest BCUT2D eigenvalue weighted by Gasteiger charge is -2.11. The van der Waals surface area contributed by atoms with Crippen LogP contribution in [-0.2, 0) is 23.1 Å². The van der Waals surface area contributed by atoms with Gasteiger partial charge in [0.1, 0.15) is 10.6 Å². The van der Waals surface area contributed by atoms with Crippen molar-refractivity contribution in [3.05, 3.63) is 39.8 Å². The molecule has 114 valence electrons. The lowest BCUT2D eigenvalue weighted by Crippen LogP contribution is -2.23. The second kappa shape index (κ2) is 6.52. The fraction of sp³-hybridized carbons (Fsp3) is 0.308. The molecule has 0 aliphatic carbocycles. The summed E-state index contributed by atoms with van der Waals surface area (Å²) in [4.78, 5) is 5.05. The first-order chi connectivity index (χ1) is 9.96. The van der Waals surface area contributed by atoms with Crippen LogP contribution in [0.4, 0.5) is 0 Å². The Labute approximate surface area is 128 Å². The lowest BCUT2D eigenvalue weighted by atomic mass is 10.2. The SMILES string of the molecule is COc1cc(CN)ccc1S(=O)(=O)NCc1cnc(C)s1. The summed E-state index contributed by atoms with van der Waals surface area (Å²) in [5.74, 6) is 0.283. The van der Waals surface area contributed by atoms with Crippen LogP contribution < -0.4 is 15.2 Å². The Morgan fingerprint density at radius 3 is 2.76 bits per heavy atom. The van der Waals surface area contributed by atoms with E-state index in [-0.39, 0.29) is 17.2 Å². The quantitative estimate of drug-likeness (QED) is 0.836. The molecular formula is C13H17N3O3S2. The van der Waals surface area contributed by atoms with E-state index in [0.29, 0.717) is 6.54 Å². The van der Waals surface area contributed by atoms with Crippen LogP contribution in [0, 0.1) is 6.92 Å². The summed E-state index contributed by atoms with van der Waals surface area (Å²) in [5.41, 5.74) is 6.35. The van der Waals surface area contributed by atoms with Crippen molar-refractivity contribution in [1.82, 2.24) is 9.71 Å². The molecule has 1 aromatic heterocycles. The minimum Gasteiger partial charge on any atom is -0.495 e. The third-order valence-electron chi connectivity index (χ3n) is 2.86. The Kier molecular flexibility index (Phi) is 4.94. The van der Waals surface area contributed by atoms with Crippen molar-refractivity contribution < 1.29 is 13.2 Å². The molecule has 2 rings (SSSR count). The molecule has 0 aliphatic rings. The third-order valence-corrected chi connectivity index (χ3v) is 5.21. The Morgan fingerprint density at radius 2 is 2.19 bits per heavy atom. The molecule has 0 spiro atoms. The van der Waals surface area contributed by atoms with Crippen LogP contribution in [0.3, 0.4) is 0 Å². The smallest absolute Gasteiger partial charge is 0.244 e. The van der Waals surface area contributed by atoms with E-state index in [0.717, 1.165) is 15.4 Å². The topological polar surface area (TPSA) is 94.3 Å². The van der Waals surface area contributed by atoms with Gasteiger partial charge >= 0.3 is 0 Å². The molecule has 0 aliphatic heterocycles. The maximum atomic E-state index is 12.4. The van der Waals surface area contributed by atoms with Crippen LogP contribution in [0.5, 0.6) is 5.75 Å². The first kappa shape index (κ1) is 15.9. The highest BCUT2D eigenvalue weighted by atomic mass is 32.2. The van der Waals surface area contributed by atoms with Crippen LogP contribution in [0.2, 0.25) is 0 Å². The molecule has 0 saturated heterocycles. The van der Waals surface area contributed by atoms with Crippen molar-refractivity contribution in [2.75, 3.05) is 7.11 Å². The molecule has 0 atom stereocenters. The summed E-state index contributed by atoms with van der Waals surface area (Å²) in [6.07, 6.45) is 1.66. The van der Waals surface area contributed by atoms with Gasteiger partial charge in [0.05, 0.1) is 12.1 Å². The highest BCUT2D eigenvalue weighted by Crippen LogP contribution is 2.25. The van der Waals surface area contributed by atoms with Gasteiger partial charge in [0.15, 0.2) is 0 Å². The molecule has 2 aromatic rings. The summed E-state index contributed by atoms with van der Waals surface area (Å²) in [5, 5.41) is 0.897. The van der Waals surface area contributed by atoms with Crippen molar-refractivity contribution >= 4 is 21.4 Å². The Morgan fingerprint density at radius 1 is 1.43 bits per heavy atom. The zero-order valence-corrected chi connectivity index (χ0v) is 13.4. The van der Waals surface area contributed by atoms with E-state index in [1.807, 2.05) is 6.92 Å². The summed E-state index contributed by atoms with van der Waals surface area (Å²) >= 11 is 1.45.